The summed E-state index contributed by atoms with van der Waals surface area (Å²) >= 11 is 0. The third-order valence-corrected chi connectivity index (χ3v) is 2.58. The van der Waals surface area contributed by atoms with Crippen molar-refractivity contribution in [2.45, 2.75) is 65.6 Å². The Bertz CT molecular complexity index is 371. The molecule has 5 heteroatoms. The van der Waals surface area contributed by atoms with Crippen LogP contribution < -0.4 is 0 Å². The average Bonchev–Trinajstić information content (AvgIpc) is 2.05. The van der Waals surface area contributed by atoms with E-state index in [4.69, 9.17) is 9.47 Å². The summed E-state index contributed by atoms with van der Waals surface area (Å²) < 4.78 is 10.5. The molecule has 0 aromatic carbocycles. The molecule has 0 saturated heterocycles. The second-order valence-corrected chi connectivity index (χ2v) is 6.98. The lowest BCUT2D eigenvalue weighted by Gasteiger charge is -2.39. The van der Waals surface area contributed by atoms with Gasteiger partial charge in [0.05, 0.1) is 0 Å². The molecule has 0 aromatic heterocycles. The summed E-state index contributed by atoms with van der Waals surface area (Å²) in [4.78, 5) is 35.6. The maximum Gasteiger partial charge on any atom is 0.324 e. The Hall–Kier alpha value is -1.39. The maximum atomic E-state index is 12.2. The van der Waals surface area contributed by atoms with E-state index in [-0.39, 0.29) is 18.6 Å². The second kappa shape index (κ2) is 4.62. The molecule has 0 unspecified atom stereocenters. The van der Waals surface area contributed by atoms with Crippen molar-refractivity contribution in [2.24, 2.45) is 5.41 Å². The van der Waals surface area contributed by atoms with Crippen LogP contribution in [0, 0.1) is 5.41 Å². The van der Waals surface area contributed by atoms with Crippen LogP contribution in [0.4, 0.5) is 0 Å². The number of esters is 2. The molecule has 108 valence electrons. The molecule has 1 aliphatic carbocycles. The first-order chi connectivity index (χ1) is 8.36. The SMILES string of the molecule is CC(C)(C)OC(=O)C1(C(=O)OC(C)(C)C)CC(=O)C1. The number of rotatable bonds is 2. The van der Waals surface area contributed by atoms with E-state index in [2.05, 4.69) is 0 Å². The molecule has 5 nitrogen and oxygen atoms in total. The van der Waals surface area contributed by atoms with Crippen LogP contribution in [0.15, 0.2) is 0 Å². The van der Waals surface area contributed by atoms with Gasteiger partial charge in [-0.2, -0.15) is 0 Å². The van der Waals surface area contributed by atoms with Gasteiger partial charge in [0.2, 0.25) is 0 Å². The lowest BCUT2D eigenvalue weighted by atomic mass is 9.67. The Labute approximate surface area is 113 Å². The largest absolute Gasteiger partial charge is 0.459 e. The third-order valence-electron chi connectivity index (χ3n) is 2.58. The average molecular weight is 270 g/mol. The molecule has 1 fully saturated rings. The van der Waals surface area contributed by atoms with Gasteiger partial charge in [0.25, 0.3) is 0 Å². The molecule has 0 N–H and O–H groups in total. The minimum absolute atomic E-state index is 0.128. The minimum Gasteiger partial charge on any atom is -0.459 e. The van der Waals surface area contributed by atoms with Crippen LogP contribution in [0.1, 0.15) is 54.4 Å². The number of carbonyl (C=O) groups is 3. The molecule has 0 spiro atoms. The number of ketones is 1. The van der Waals surface area contributed by atoms with Gasteiger partial charge in [0.1, 0.15) is 17.0 Å². The molecular formula is C14H22O5. The molecule has 0 heterocycles. The fourth-order valence-electron chi connectivity index (χ4n) is 1.74. The van der Waals surface area contributed by atoms with E-state index >= 15 is 0 Å². The number of ether oxygens (including phenoxy) is 2. The van der Waals surface area contributed by atoms with Crippen molar-refractivity contribution in [3.63, 3.8) is 0 Å². The van der Waals surface area contributed by atoms with Gasteiger partial charge in [0.15, 0.2) is 5.41 Å². The molecular weight excluding hydrogens is 248 g/mol. The molecule has 0 amide bonds. The van der Waals surface area contributed by atoms with E-state index in [0.717, 1.165) is 0 Å². The van der Waals surface area contributed by atoms with Crippen molar-refractivity contribution >= 4 is 17.7 Å². The van der Waals surface area contributed by atoms with Crippen LogP contribution in [0.3, 0.4) is 0 Å². The number of hydrogen-bond acceptors (Lipinski definition) is 5. The summed E-state index contributed by atoms with van der Waals surface area (Å²) in [6, 6.07) is 0. The smallest absolute Gasteiger partial charge is 0.324 e. The summed E-state index contributed by atoms with van der Waals surface area (Å²) in [5.74, 6) is -1.47. The van der Waals surface area contributed by atoms with Crippen LogP contribution >= 0.6 is 0 Å². The standard InChI is InChI=1S/C14H22O5/c1-12(2,3)18-10(16)14(7-9(15)8-14)11(17)19-13(4,5)6/h7-8H2,1-6H3. The molecule has 0 radical (unpaired) electrons. The van der Waals surface area contributed by atoms with Crippen molar-refractivity contribution in [2.75, 3.05) is 0 Å². The fourth-order valence-corrected chi connectivity index (χ4v) is 1.74. The Kier molecular flexibility index (Phi) is 3.81. The van der Waals surface area contributed by atoms with Crippen molar-refractivity contribution in [3.8, 4) is 0 Å². The zero-order chi connectivity index (χ0) is 15.1. The van der Waals surface area contributed by atoms with Crippen molar-refractivity contribution in [1.82, 2.24) is 0 Å². The van der Waals surface area contributed by atoms with E-state index in [9.17, 15) is 14.4 Å². The topological polar surface area (TPSA) is 69.7 Å². The summed E-state index contributed by atoms with van der Waals surface area (Å²) in [6.07, 6.45) is -0.256. The molecule has 19 heavy (non-hydrogen) atoms. The second-order valence-electron chi connectivity index (χ2n) is 6.98. The third kappa shape index (κ3) is 3.78. The highest BCUT2D eigenvalue weighted by Crippen LogP contribution is 2.42. The quantitative estimate of drug-likeness (QED) is 0.567. The van der Waals surface area contributed by atoms with Crippen molar-refractivity contribution in [3.05, 3.63) is 0 Å². The first kappa shape index (κ1) is 15.7. The highest BCUT2D eigenvalue weighted by molar-refractivity contribution is 6.12. The summed E-state index contributed by atoms with van der Waals surface area (Å²) in [5, 5.41) is 0. The van der Waals surface area contributed by atoms with Crippen molar-refractivity contribution in [1.29, 1.82) is 0 Å². The molecule has 1 aliphatic rings. The predicted octanol–water partition coefficient (Wildman–Crippen LogP) is 2.02. The van der Waals surface area contributed by atoms with Gasteiger partial charge in [-0.05, 0) is 41.5 Å². The lowest BCUT2D eigenvalue weighted by Crippen LogP contribution is -2.54. The highest BCUT2D eigenvalue weighted by atomic mass is 16.6. The zero-order valence-corrected chi connectivity index (χ0v) is 12.5. The normalized spacial score (nSPS) is 18.5. The van der Waals surface area contributed by atoms with Gasteiger partial charge in [-0.25, -0.2) is 0 Å². The Morgan fingerprint density at radius 3 is 1.42 bits per heavy atom. The van der Waals surface area contributed by atoms with Gasteiger partial charge < -0.3 is 9.47 Å². The van der Waals surface area contributed by atoms with E-state index < -0.39 is 28.6 Å². The summed E-state index contributed by atoms with van der Waals surface area (Å²) in [7, 11) is 0. The van der Waals surface area contributed by atoms with E-state index in [1.807, 2.05) is 0 Å². The number of Topliss-reactive ketones (excluding diaryl/α,β-unsaturated/α-hetero) is 1. The molecule has 0 aliphatic heterocycles. The highest BCUT2D eigenvalue weighted by Gasteiger charge is 2.59. The lowest BCUT2D eigenvalue weighted by molar-refractivity contribution is -0.193. The van der Waals surface area contributed by atoms with Gasteiger partial charge >= 0.3 is 11.9 Å². The van der Waals surface area contributed by atoms with Gasteiger partial charge in [-0.3, -0.25) is 14.4 Å². The Morgan fingerprint density at radius 1 is 0.895 bits per heavy atom. The first-order valence-electron chi connectivity index (χ1n) is 6.34. The van der Waals surface area contributed by atoms with E-state index in [1.165, 1.54) is 0 Å². The van der Waals surface area contributed by atoms with Crippen LogP contribution in [0.2, 0.25) is 0 Å². The Balaban J connectivity index is 2.90. The predicted molar refractivity (Wildman–Crippen MR) is 68.4 cm³/mol. The Morgan fingerprint density at radius 2 is 1.21 bits per heavy atom. The van der Waals surface area contributed by atoms with Gasteiger partial charge in [-0.1, -0.05) is 0 Å². The molecule has 1 rings (SSSR count). The van der Waals surface area contributed by atoms with E-state index in [1.54, 1.807) is 41.5 Å². The molecule has 0 aromatic rings. The first-order valence-corrected chi connectivity index (χ1v) is 6.34. The van der Waals surface area contributed by atoms with Crippen LogP contribution in [-0.4, -0.2) is 28.9 Å². The zero-order valence-electron chi connectivity index (χ0n) is 12.5. The molecule has 0 bridgehead atoms. The van der Waals surface area contributed by atoms with Crippen LogP contribution in [-0.2, 0) is 23.9 Å². The van der Waals surface area contributed by atoms with E-state index in [0.29, 0.717) is 0 Å². The van der Waals surface area contributed by atoms with Gasteiger partial charge in [0, 0.05) is 12.8 Å². The summed E-state index contributed by atoms with van der Waals surface area (Å²) in [6.45, 7) is 10.3. The summed E-state index contributed by atoms with van der Waals surface area (Å²) in [5.41, 5.74) is -2.85. The van der Waals surface area contributed by atoms with Crippen LogP contribution in [0.5, 0.6) is 0 Å². The monoisotopic (exact) mass is 270 g/mol. The maximum absolute atomic E-state index is 12.2. The van der Waals surface area contributed by atoms with Crippen LogP contribution in [0.25, 0.3) is 0 Å². The van der Waals surface area contributed by atoms with Crippen molar-refractivity contribution < 1.29 is 23.9 Å². The number of carbonyl (C=O) groups excluding carboxylic acids is 3. The minimum atomic E-state index is -1.45. The fraction of sp³-hybridized carbons (Fsp3) is 0.786. The number of hydrogen-bond donors (Lipinski definition) is 0. The molecule has 1 saturated carbocycles. The van der Waals surface area contributed by atoms with Gasteiger partial charge in [-0.15, -0.1) is 0 Å². The molecule has 0 atom stereocenters.